The fourth-order valence-electron chi connectivity index (χ4n) is 5.32. The lowest BCUT2D eigenvalue weighted by Crippen LogP contribution is -2.37. The van der Waals surface area contributed by atoms with Gasteiger partial charge in [0, 0.05) is 44.0 Å². The van der Waals surface area contributed by atoms with Gasteiger partial charge in [-0.05, 0) is 54.8 Å². The normalized spacial score (nSPS) is 17.0. The first kappa shape index (κ1) is 25.2. The van der Waals surface area contributed by atoms with Gasteiger partial charge in [-0.1, -0.05) is 12.1 Å². The summed E-state index contributed by atoms with van der Waals surface area (Å²) in [5.41, 5.74) is 3.19. The van der Waals surface area contributed by atoms with Gasteiger partial charge in [-0.15, -0.1) is 0 Å². The molecule has 0 saturated carbocycles. The molecule has 2 aromatic heterocycles. The van der Waals surface area contributed by atoms with Crippen molar-refractivity contribution in [2.45, 2.75) is 25.4 Å². The van der Waals surface area contributed by atoms with Crippen LogP contribution in [-0.4, -0.2) is 75.2 Å². The number of nitrogens with zero attached hydrogens (tertiary/aromatic N) is 6. The number of carboxylic acid groups (broad SMARTS) is 1. The first-order chi connectivity index (χ1) is 19.0. The molecule has 2 aromatic carbocycles. The molecule has 11 heteroatoms. The molecule has 0 radical (unpaired) electrons. The first-order valence-electron chi connectivity index (χ1n) is 13.2. The van der Waals surface area contributed by atoms with Crippen molar-refractivity contribution in [2.24, 2.45) is 0 Å². The van der Waals surface area contributed by atoms with Crippen molar-refractivity contribution in [1.82, 2.24) is 24.6 Å². The van der Waals surface area contributed by atoms with Crippen LogP contribution in [0.25, 0.3) is 22.4 Å². The molecule has 0 atom stereocenters. The second kappa shape index (κ2) is 11.0. The predicted molar refractivity (Wildman–Crippen MR) is 145 cm³/mol. The van der Waals surface area contributed by atoms with E-state index in [-0.39, 0.29) is 11.9 Å². The Morgan fingerprint density at radius 1 is 1.00 bits per heavy atom. The Morgan fingerprint density at radius 2 is 1.72 bits per heavy atom. The van der Waals surface area contributed by atoms with E-state index < -0.39 is 6.09 Å². The molecule has 4 aromatic rings. The molecule has 2 N–H and O–H groups in total. The van der Waals surface area contributed by atoms with Gasteiger partial charge < -0.3 is 14.7 Å². The number of anilines is 2. The lowest BCUT2D eigenvalue weighted by atomic mass is 10.0. The lowest BCUT2D eigenvalue weighted by molar-refractivity contribution is 0.122. The van der Waals surface area contributed by atoms with Gasteiger partial charge in [0.05, 0.1) is 30.8 Å². The Labute approximate surface area is 225 Å². The van der Waals surface area contributed by atoms with Crippen LogP contribution in [0.3, 0.4) is 0 Å². The number of morpholine rings is 1. The fourth-order valence-corrected chi connectivity index (χ4v) is 5.32. The fraction of sp³-hybridized carbons (Fsp3) is 0.357. The van der Waals surface area contributed by atoms with Crippen LogP contribution in [0.4, 0.5) is 20.7 Å². The number of nitrogens with one attached hydrogen (secondary N) is 1. The smallest absolute Gasteiger partial charge is 0.409 e. The summed E-state index contributed by atoms with van der Waals surface area (Å²) in [4.78, 5) is 25.5. The Balaban J connectivity index is 1.28. The molecule has 0 spiro atoms. The van der Waals surface area contributed by atoms with Crippen molar-refractivity contribution in [2.75, 3.05) is 49.6 Å². The molecule has 2 saturated heterocycles. The summed E-state index contributed by atoms with van der Waals surface area (Å²) in [7, 11) is 0. The number of fused-ring (bicyclic) bond motifs is 1. The van der Waals surface area contributed by atoms with Crippen LogP contribution in [-0.2, 0) is 11.3 Å². The molecule has 0 bridgehead atoms. The second-order valence-electron chi connectivity index (χ2n) is 9.94. The van der Waals surface area contributed by atoms with E-state index in [0.717, 1.165) is 73.5 Å². The minimum atomic E-state index is -1.11. The average molecular weight is 532 g/mol. The summed E-state index contributed by atoms with van der Waals surface area (Å²) >= 11 is 0. The van der Waals surface area contributed by atoms with Crippen LogP contribution in [0, 0.1) is 5.82 Å². The molecule has 2 aliphatic heterocycles. The highest BCUT2D eigenvalue weighted by molar-refractivity contribution is 5.89. The van der Waals surface area contributed by atoms with Gasteiger partial charge in [-0.3, -0.25) is 10.2 Å². The largest absolute Gasteiger partial charge is 0.465 e. The molecular weight excluding hydrogens is 501 g/mol. The monoisotopic (exact) mass is 531 g/mol. The molecule has 0 aliphatic carbocycles. The highest BCUT2D eigenvalue weighted by Crippen LogP contribution is 2.32. The van der Waals surface area contributed by atoms with E-state index in [2.05, 4.69) is 15.1 Å². The zero-order valence-electron chi connectivity index (χ0n) is 21.5. The van der Waals surface area contributed by atoms with Gasteiger partial charge in [0.1, 0.15) is 11.6 Å². The molecule has 4 heterocycles. The molecule has 1 amide bonds. The number of ether oxygens (including phenoxy) is 1. The maximum Gasteiger partial charge on any atom is 0.409 e. The standard InChI is InChI=1S/C28H30FN7O3/c29-21-5-1-19(2-6-21)18-34-11-9-23(10-12-34)36-27-24(17-30-36)26(35-13-15-39-16-14-35)32-25(33-27)20-3-7-22(8-4-20)31-28(37)38/h1-8,17,23,31H,9-16,18H2,(H,37,38). The number of aromatic nitrogens is 4. The van der Waals surface area contributed by atoms with Crippen LogP contribution >= 0.6 is 0 Å². The average Bonchev–Trinajstić information content (AvgIpc) is 3.39. The number of rotatable bonds is 6. The van der Waals surface area contributed by atoms with E-state index in [4.69, 9.17) is 24.9 Å². The van der Waals surface area contributed by atoms with E-state index in [0.29, 0.717) is 24.7 Å². The highest BCUT2D eigenvalue weighted by Gasteiger charge is 2.26. The van der Waals surface area contributed by atoms with Crippen molar-refractivity contribution < 1.29 is 19.0 Å². The van der Waals surface area contributed by atoms with Crippen LogP contribution in [0.15, 0.2) is 54.7 Å². The molecule has 6 rings (SSSR count). The zero-order valence-corrected chi connectivity index (χ0v) is 21.5. The highest BCUT2D eigenvalue weighted by atomic mass is 19.1. The third-order valence-electron chi connectivity index (χ3n) is 7.36. The van der Waals surface area contributed by atoms with Crippen molar-refractivity contribution >= 4 is 28.6 Å². The third kappa shape index (κ3) is 5.55. The zero-order chi connectivity index (χ0) is 26.8. The summed E-state index contributed by atoms with van der Waals surface area (Å²) in [5, 5.41) is 17.1. The van der Waals surface area contributed by atoms with E-state index >= 15 is 0 Å². The van der Waals surface area contributed by atoms with E-state index in [1.165, 1.54) is 12.1 Å². The van der Waals surface area contributed by atoms with Crippen LogP contribution in [0.2, 0.25) is 0 Å². The number of hydrogen-bond acceptors (Lipinski definition) is 7. The SMILES string of the molecule is O=C(O)Nc1ccc(-c2nc(N3CCOCC3)c3cnn(C4CCN(Cc5ccc(F)cc5)CC4)c3n2)cc1. The summed E-state index contributed by atoms with van der Waals surface area (Å²) in [6.07, 6.45) is 2.62. The summed E-state index contributed by atoms with van der Waals surface area (Å²) in [5.74, 6) is 1.20. The Hall–Kier alpha value is -4.09. The van der Waals surface area contributed by atoms with Gasteiger partial charge in [-0.2, -0.15) is 5.10 Å². The van der Waals surface area contributed by atoms with E-state index in [1.807, 2.05) is 35.1 Å². The Kier molecular flexibility index (Phi) is 7.08. The van der Waals surface area contributed by atoms with Crippen LogP contribution in [0.5, 0.6) is 0 Å². The van der Waals surface area contributed by atoms with Crippen molar-refractivity contribution in [3.63, 3.8) is 0 Å². The van der Waals surface area contributed by atoms with Crippen LogP contribution in [0.1, 0.15) is 24.4 Å². The minimum Gasteiger partial charge on any atom is -0.465 e. The Morgan fingerprint density at radius 3 is 2.41 bits per heavy atom. The second-order valence-corrected chi connectivity index (χ2v) is 9.94. The summed E-state index contributed by atoms with van der Waals surface area (Å²) < 4.78 is 20.9. The minimum absolute atomic E-state index is 0.203. The topological polar surface area (TPSA) is 109 Å². The number of halogens is 1. The van der Waals surface area contributed by atoms with Crippen molar-refractivity contribution in [3.05, 3.63) is 66.1 Å². The first-order valence-corrected chi connectivity index (χ1v) is 13.2. The molecule has 0 unspecified atom stereocenters. The van der Waals surface area contributed by atoms with Gasteiger partial charge in [0.15, 0.2) is 11.5 Å². The van der Waals surface area contributed by atoms with Gasteiger partial charge >= 0.3 is 6.09 Å². The maximum atomic E-state index is 13.3. The maximum absolute atomic E-state index is 13.3. The number of piperidine rings is 1. The number of amides is 1. The summed E-state index contributed by atoms with van der Waals surface area (Å²) in [6.45, 7) is 5.37. The molecule has 2 aliphatic rings. The van der Waals surface area contributed by atoms with Gasteiger partial charge in [0.25, 0.3) is 0 Å². The molecule has 202 valence electrons. The van der Waals surface area contributed by atoms with Gasteiger partial charge in [-0.25, -0.2) is 23.8 Å². The number of benzene rings is 2. The van der Waals surface area contributed by atoms with E-state index in [1.54, 1.807) is 12.1 Å². The number of likely N-dealkylation sites (tertiary alicyclic amines) is 1. The lowest BCUT2D eigenvalue weighted by Gasteiger charge is -2.32. The quantitative estimate of drug-likeness (QED) is 0.377. The van der Waals surface area contributed by atoms with E-state index in [9.17, 15) is 9.18 Å². The number of carbonyl (C=O) groups is 1. The molecule has 2 fully saturated rings. The third-order valence-corrected chi connectivity index (χ3v) is 7.36. The van der Waals surface area contributed by atoms with Gasteiger partial charge in [0.2, 0.25) is 0 Å². The van der Waals surface area contributed by atoms with Crippen molar-refractivity contribution in [1.29, 1.82) is 0 Å². The Bertz CT molecular complexity index is 1440. The molecule has 39 heavy (non-hydrogen) atoms. The molecular formula is C28H30FN7O3. The molecule has 10 nitrogen and oxygen atoms in total. The summed E-state index contributed by atoms with van der Waals surface area (Å²) in [6, 6.07) is 14.0. The number of hydrogen-bond donors (Lipinski definition) is 2. The van der Waals surface area contributed by atoms with Crippen molar-refractivity contribution in [3.8, 4) is 11.4 Å². The van der Waals surface area contributed by atoms with Crippen LogP contribution < -0.4 is 10.2 Å². The predicted octanol–water partition coefficient (Wildman–Crippen LogP) is 4.40.